The van der Waals surface area contributed by atoms with Gasteiger partial charge in [0.05, 0.1) is 35.2 Å². The summed E-state index contributed by atoms with van der Waals surface area (Å²) in [5, 5.41) is 7.60. The second-order valence-corrected chi connectivity index (χ2v) is 10.1. The maximum atomic E-state index is 13.3. The van der Waals surface area contributed by atoms with Crippen LogP contribution in [0.3, 0.4) is 0 Å². The summed E-state index contributed by atoms with van der Waals surface area (Å²) >= 11 is 0. The number of nitrogens with zero attached hydrogens (tertiary/aromatic N) is 2. The molecule has 1 N–H and O–H groups in total. The summed E-state index contributed by atoms with van der Waals surface area (Å²) in [7, 11) is -1.73. The van der Waals surface area contributed by atoms with Gasteiger partial charge in [0.25, 0.3) is 5.91 Å². The van der Waals surface area contributed by atoms with Crippen LogP contribution in [0.25, 0.3) is 16.9 Å². The van der Waals surface area contributed by atoms with E-state index in [4.69, 9.17) is 4.74 Å². The zero-order valence-electron chi connectivity index (χ0n) is 18.5. The molecule has 1 aliphatic rings. The first-order valence-corrected chi connectivity index (χ1v) is 12.5. The second kappa shape index (κ2) is 8.79. The Labute approximate surface area is 197 Å². The Morgan fingerprint density at radius 2 is 1.71 bits per heavy atom. The zero-order valence-corrected chi connectivity index (χ0v) is 19.3. The van der Waals surface area contributed by atoms with Gasteiger partial charge in [0.15, 0.2) is 15.5 Å². The molecule has 2 heterocycles. The minimum atomic E-state index is -3.34. The van der Waals surface area contributed by atoms with Crippen molar-refractivity contribution in [1.29, 1.82) is 0 Å². The van der Waals surface area contributed by atoms with Crippen molar-refractivity contribution in [3.05, 3.63) is 96.2 Å². The van der Waals surface area contributed by atoms with Gasteiger partial charge in [-0.3, -0.25) is 4.79 Å². The zero-order chi connectivity index (χ0) is 23.7. The lowest BCUT2D eigenvalue weighted by Crippen LogP contribution is -2.34. The van der Waals surface area contributed by atoms with Crippen LogP contribution in [0.1, 0.15) is 28.5 Å². The van der Waals surface area contributed by atoms with E-state index in [1.54, 1.807) is 42.1 Å². The van der Waals surface area contributed by atoms with E-state index in [1.807, 2.05) is 54.6 Å². The number of rotatable bonds is 5. The van der Waals surface area contributed by atoms with E-state index in [1.165, 1.54) is 0 Å². The van der Waals surface area contributed by atoms with Gasteiger partial charge in [-0.25, -0.2) is 13.1 Å². The van der Waals surface area contributed by atoms with Crippen molar-refractivity contribution in [2.24, 2.45) is 0 Å². The third-order valence-corrected chi connectivity index (χ3v) is 7.75. The summed E-state index contributed by atoms with van der Waals surface area (Å²) in [6, 6.07) is 25.3. The topological polar surface area (TPSA) is 90.3 Å². The molecule has 3 aromatic carbocycles. The van der Waals surface area contributed by atoms with E-state index in [0.717, 1.165) is 22.7 Å². The number of carbonyl (C=O) groups is 1. The molecule has 1 unspecified atom stereocenters. The lowest BCUT2D eigenvalue weighted by molar-refractivity contribution is 0.0929. The van der Waals surface area contributed by atoms with Crippen LogP contribution in [0.5, 0.6) is 5.75 Å². The predicted molar refractivity (Wildman–Crippen MR) is 129 cm³/mol. The summed E-state index contributed by atoms with van der Waals surface area (Å²) in [5.74, 6) is 0.367. The molecule has 1 amide bonds. The number of carbonyl (C=O) groups excluding carboxylic acids is 1. The van der Waals surface area contributed by atoms with Gasteiger partial charge in [-0.15, -0.1) is 0 Å². The summed E-state index contributed by atoms with van der Waals surface area (Å²) in [6.45, 7) is 0. The first-order chi connectivity index (χ1) is 16.5. The van der Waals surface area contributed by atoms with Gasteiger partial charge in [-0.2, -0.15) is 5.10 Å². The molecular formula is C26H23N3O4S. The van der Waals surface area contributed by atoms with E-state index in [0.29, 0.717) is 12.0 Å². The molecule has 0 bridgehead atoms. The van der Waals surface area contributed by atoms with E-state index >= 15 is 0 Å². The van der Waals surface area contributed by atoms with Crippen LogP contribution in [0.4, 0.5) is 0 Å². The van der Waals surface area contributed by atoms with Crippen LogP contribution in [0.2, 0.25) is 0 Å². The predicted octanol–water partition coefficient (Wildman–Crippen LogP) is 4.20. The molecule has 1 aromatic heterocycles. The molecular weight excluding hydrogens is 450 g/mol. The fraction of sp³-hybridized carbons (Fsp3) is 0.154. The molecule has 5 rings (SSSR count). The highest BCUT2D eigenvalue weighted by atomic mass is 32.2. The summed E-state index contributed by atoms with van der Waals surface area (Å²) in [4.78, 5) is 13.5. The van der Waals surface area contributed by atoms with Crippen molar-refractivity contribution in [2.45, 2.75) is 17.4 Å². The Balaban J connectivity index is 1.50. The maximum absolute atomic E-state index is 13.3. The molecule has 1 aliphatic heterocycles. The Hall–Kier alpha value is -3.91. The van der Waals surface area contributed by atoms with Gasteiger partial charge in [0, 0.05) is 5.56 Å². The molecule has 8 heteroatoms. The van der Waals surface area contributed by atoms with Crippen molar-refractivity contribution >= 4 is 15.7 Å². The van der Waals surface area contributed by atoms with Crippen LogP contribution in [-0.2, 0) is 9.84 Å². The maximum Gasteiger partial charge on any atom is 0.272 e. The van der Waals surface area contributed by atoms with Gasteiger partial charge in [-0.05, 0) is 60.5 Å². The van der Waals surface area contributed by atoms with E-state index in [-0.39, 0.29) is 22.2 Å². The Morgan fingerprint density at radius 1 is 1.00 bits per heavy atom. The van der Waals surface area contributed by atoms with E-state index < -0.39 is 15.9 Å². The number of nitrogens with one attached hydrogen (secondary N) is 1. The van der Waals surface area contributed by atoms with Crippen LogP contribution < -0.4 is 10.1 Å². The summed E-state index contributed by atoms with van der Waals surface area (Å²) < 4.78 is 31.9. The molecule has 0 aliphatic carbocycles. The standard InChI is InChI=1S/C26H23N3O4S/c1-33-20-13-11-18(12-14-20)24-17-23(28-29(24)19-7-3-2-4-8-19)26(30)27-22-15-16-34(31,32)25-10-6-5-9-21(22)25/h2-14,17,22H,15-16H2,1H3,(H,27,30). The molecule has 1 atom stereocenters. The second-order valence-electron chi connectivity index (χ2n) is 8.06. The first-order valence-electron chi connectivity index (χ1n) is 10.9. The molecule has 0 saturated carbocycles. The van der Waals surface area contributed by atoms with Crippen LogP contribution in [0.15, 0.2) is 89.8 Å². The van der Waals surface area contributed by atoms with Gasteiger partial charge in [0.2, 0.25) is 0 Å². The number of amides is 1. The number of sulfone groups is 1. The first kappa shape index (κ1) is 21.9. The van der Waals surface area contributed by atoms with Crippen LogP contribution in [0, 0.1) is 0 Å². The number of aromatic nitrogens is 2. The van der Waals surface area contributed by atoms with Crippen molar-refractivity contribution in [3.8, 4) is 22.7 Å². The molecule has 34 heavy (non-hydrogen) atoms. The van der Waals surface area contributed by atoms with Crippen LogP contribution in [-0.4, -0.2) is 37.0 Å². The minimum Gasteiger partial charge on any atom is -0.497 e. The fourth-order valence-corrected chi connectivity index (χ4v) is 5.82. The van der Waals surface area contributed by atoms with Crippen LogP contribution >= 0.6 is 0 Å². The normalized spacial score (nSPS) is 16.4. The number of hydrogen-bond acceptors (Lipinski definition) is 5. The lowest BCUT2D eigenvalue weighted by atomic mass is 10.0. The molecule has 0 saturated heterocycles. The average Bonchev–Trinajstić information content (AvgIpc) is 3.32. The molecule has 172 valence electrons. The number of para-hydroxylation sites is 1. The molecule has 7 nitrogen and oxygen atoms in total. The molecule has 0 spiro atoms. The Bertz CT molecular complexity index is 1450. The summed E-state index contributed by atoms with van der Waals surface area (Å²) in [5.41, 5.74) is 3.32. The number of ether oxygens (including phenoxy) is 1. The van der Waals surface area contributed by atoms with Gasteiger partial charge >= 0.3 is 0 Å². The van der Waals surface area contributed by atoms with E-state index in [2.05, 4.69) is 10.4 Å². The minimum absolute atomic E-state index is 0.00941. The van der Waals surface area contributed by atoms with Gasteiger partial charge < -0.3 is 10.1 Å². The van der Waals surface area contributed by atoms with Gasteiger partial charge in [-0.1, -0.05) is 36.4 Å². The number of methoxy groups -OCH3 is 1. The number of benzene rings is 3. The van der Waals surface area contributed by atoms with Crippen molar-refractivity contribution in [1.82, 2.24) is 15.1 Å². The average molecular weight is 474 g/mol. The third-order valence-electron chi connectivity index (χ3n) is 5.94. The monoisotopic (exact) mass is 473 g/mol. The number of hydrogen-bond donors (Lipinski definition) is 1. The lowest BCUT2D eigenvalue weighted by Gasteiger charge is -2.25. The fourth-order valence-electron chi connectivity index (χ4n) is 4.20. The molecule has 0 fully saturated rings. The van der Waals surface area contributed by atoms with Gasteiger partial charge in [0.1, 0.15) is 5.75 Å². The third kappa shape index (κ3) is 4.08. The highest BCUT2D eigenvalue weighted by Crippen LogP contribution is 2.32. The van der Waals surface area contributed by atoms with Crippen molar-refractivity contribution in [3.63, 3.8) is 0 Å². The molecule has 0 radical (unpaired) electrons. The Kier molecular flexibility index (Phi) is 5.67. The summed E-state index contributed by atoms with van der Waals surface area (Å²) in [6.07, 6.45) is 0.315. The quantitative estimate of drug-likeness (QED) is 0.469. The SMILES string of the molecule is COc1ccc(-c2cc(C(=O)NC3CCS(=O)(=O)c4ccccc43)nn2-c2ccccc2)cc1. The van der Waals surface area contributed by atoms with Crippen molar-refractivity contribution in [2.75, 3.05) is 12.9 Å². The highest BCUT2D eigenvalue weighted by molar-refractivity contribution is 7.91. The smallest absolute Gasteiger partial charge is 0.272 e. The Morgan fingerprint density at radius 3 is 2.44 bits per heavy atom. The van der Waals surface area contributed by atoms with E-state index in [9.17, 15) is 13.2 Å². The molecule has 4 aromatic rings. The largest absolute Gasteiger partial charge is 0.497 e. The number of fused-ring (bicyclic) bond motifs is 1. The highest BCUT2D eigenvalue weighted by Gasteiger charge is 2.31. The van der Waals surface area contributed by atoms with Crippen molar-refractivity contribution < 1.29 is 17.9 Å².